The van der Waals surface area contributed by atoms with E-state index in [2.05, 4.69) is 15.5 Å². The summed E-state index contributed by atoms with van der Waals surface area (Å²) in [4.78, 5) is 15.1. The average molecular weight is 334 g/mol. The summed E-state index contributed by atoms with van der Waals surface area (Å²) in [6.45, 7) is 5.48. The molecule has 6 heteroatoms. The predicted octanol–water partition coefficient (Wildman–Crippen LogP) is 3.08. The minimum absolute atomic E-state index is 0.0517. The van der Waals surface area contributed by atoms with Crippen molar-refractivity contribution in [1.82, 2.24) is 20.4 Å². The van der Waals surface area contributed by atoms with Crippen molar-refractivity contribution < 1.29 is 9.53 Å². The fraction of sp³-hybridized carbons (Fsp3) is 0.778. The lowest BCUT2D eigenvalue weighted by atomic mass is 9.99. The van der Waals surface area contributed by atoms with E-state index in [1.807, 2.05) is 18.7 Å². The Balaban J connectivity index is 1.77. The number of aromatic amines is 1. The van der Waals surface area contributed by atoms with E-state index in [-0.39, 0.29) is 18.1 Å². The number of methoxy groups -OCH3 is 1. The minimum Gasteiger partial charge on any atom is -0.383 e. The van der Waals surface area contributed by atoms with Gasteiger partial charge in [-0.2, -0.15) is 5.10 Å². The van der Waals surface area contributed by atoms with Crippen LogP contribution in [-0.2, 0) is 4.74 Å². The molecule has 0 spiro atoms. The zero-order valence-corrected chi connectivity index (χ0v) is 15.1. The van der Waals surface area contributed by atoms with E-state index in [0.29, 0.717) is 12.5 Å². The number of amides is 2. The second-order valence-electron chi connectivity index (χ2n) is 7.25. The topological polar surface area (TPSA) is 70.2 Å². The summed E-state index contributed by atoms with van der Waals surface area (Å²) in [5.41, 5.74) is 3.28. The molecule has 2 N–H and O–H groups in total. The summed E-state index contributed by atoms with van der Waals surface area (Å²) in [7, 11) is 1.70. The number of urea groups is 1. The summed E-state index contributed by atoms with van der Waals surface area (Å²) in [5, 5.41) is 10.7. The number of carbonyl (C=O) groups is 1. The molecule has 0 radical (unpaired) electrons. The van der Waals surface area contributed by atoms with Crippen molar-refractivity contribution in [3.05, 3.63) is 17.0 Å². The molecule has 2 unspecified atom stereocenters. The third-order valence-corrected chi connectivity index (χ3v) is 5.38. The van der Waals surface area contributed by atoms with Crippen LogP contribution in [0.1, 0.15) is 61.5 Å². The highest BCUT2D eigenvalue weighted by molar-refractivity contribution is 5.75. The number of aryl methyl sites for hydroxylation is 2. The summed E-state index contributed by atoms with van der Waals surface area (Å²) in [6.07, 6.45) is 6.80. The van der Waals surface area contributed by atoms with E-state index < -0.39 is 0 Å². The van der Waals surface area contributed by atoms with Crippen molar-refractivity contribution in [3.8, 4) is 0 Å². The predicted molar refractivity (Wildman–Crippen MR) is 92.9 cm³/mol. The van der Waals surface area contributed by atoms with E-state index >= 15 is 0 Å². The van der Waals surface area contributed by atoms with Crippen LogP contribution >= 0.6 is 0 Å². The number of hydrogen-bond donors (Lipinski definition) is 2. The number of aromatic nitrogens is 2. The van der Waals surface area contributed by atoms with Gasteiger partial charge >= 0.3 is 6.03 Å². The Morgan fingerprint density at radius 1 is 1.33 bits per heavy atom. The fourth-order valence-corrected chi connectivity index (χ4v) is 3.92. The van der Waals surface area contributed by atoms with Crippen LogP contribution in [0.15, 0.2) is 0 Å². The Bertz CT molecular complexity index is 548. The standard InChI is InChI=1S/C18H30N4O2/c1-12-17(13(2)21-20-12)16-7-5-4-6-10-22(16)18(23)19-15(11-24-3)14-8-9-14/h14-16H,4-11H2,1-3H3,(H,19,23)(H,20,21). The van der Waals surface area contributed by atoms with Crippen LogP contribution < -0.4 is 5.32 Å². The minimum atomic E-state index is 0.0517. The van der Waals surface area contributed by atoms with E-state index in [1.165, 1.54) is 24.8 Å². The molecule has 0 bridgehead atoms. The highest BCUT2D eigenvalue weighted by Gasteiger charge is 2.35. The first-order chi connectivity index (χ1) is 11.6. The second kappa shape index (κ2) is 7.55. The quantitative estimate of drug-likeness (QED) is 0.869. The van der Waals surface area contributed by atoms with Crippen LogP contribution in [0.3, 0.4) is 0 Å². The average Bonchev–Trinajstić information content (AvgIpc) is 3.36. The van der Waals surface area contributed by atoms with E-state index in [9.17, 15) is 4.79 Å². The molecule has 134 valence electrons. The van der Waals surface area contributed by atoms with Gasteiger partial charge in [0.15, 0.2) is 0 Å². The lowest BCUT2D eigenvalue weighted by Crippen LogP contribution is -2.48. The molecule has 0 aromatic carbocycles. The Hall–Kier alpha value is -1.56. The van der Waals surface area contributed by atoms with Crippen LogP contribution in [0.4, 0.5) is 4.79 Å². The molecule has 2 amide bonds. The van der Waals surface area contributed by atoms with Gasteiger partial charge in [-0.25, -0.2) is 4.79 Å². The maximum Gasteiger partial charge on any atom is 0.318 e. The van der Waals surface area contributed by atoms with Gasteiger partial charge in [0.2, 0.25) is 0 Å². The van der Waals surface area contributed by atoms with Crippen molar-refractivity contribution in [3.63, 3.8) is 0 Å². The van der Waals surface area contributed by atoms with Crippen molar-refractivity contribution >= 4 is 6.03 Å². The molecule has 6 nitrogen and oxygen atoms in total. The molecule has 1 aromatic heterocycles. The number of hydrogen-bond acceptors (Lipinski definition) is 3. The fourth-order valence-electron chi connectivity index (χ4n) is 3.92. The molecule has 1 saturated heterocycles. The molecule has 24 heavy (non-hydrogen) atoms. The maximum atomic E-state index is 13.0. The molecule has 1 aliphatic heterocycles. The summed E-state index contributed by atoms with van der Waals surface area (Å²) >= 11 is 0. The highest BCUT2D eigenvalue weighted by atomic mass is 16.5. The Kier molecular flexibility index (Phi) is 5.43. The number of ether oxygens (including phenoxy) is 1. The summed E-state index contributed by atoms with van der Waals surface area (Å²) in [6, 6.07) is 0.308. The molecule has 1 aromatic rings. The number of rotatable bonds is 5. The molecule has 2 atom stereocenters. The van der Waals surface area contributed by atoms with E-state index in [1.54, 1.807) is 7.11 Å². The zero-order valence-electron chi connectivity index (χ0n) is 15.1. The van der Waals surface area contributed by atoms with Gasteiger partial charge in [0, 0.05) is 24.9 Å². The SMILES string of the molecule is COCC(NC(=O)N1CCCCCC1c1c(C)n[nH]c1C)C1CC1. The van der Waals surface area contributed by atoms with Crippen molar-refractivity contribution in [2.75, 3.05) is 20.3 Å². The molecular weight excluding hydrogens is 304 g/mol. The van der Waals surface area contributed by atoms with Crippen LogP contribution in [0.5, 0.6) is 0 Å². The number of nitrogens with zero attached hydrogens (tertiary/aromatic N) is 2. The maximum absolute atomic E-state index is 13.0. The van der Waals surface area contributed by atoms with Gasteiger partial charge in [-0.3, -0.25) is 5.10 Å². The van der Waals surface area contributed by atoms with Gasteiger partial charge in [-0.1, -0.05) is 12.8 Å². The highest BCUT2D eigenvalue weighted by Crippen LogP contribution is 2.35. The molecular formula is C18H30N4O2. The molecule has 3 rings (SSSR count). The van der Waals surface area contributed by atoms with Crippen LogP contribution in [-0.4, -0.2) is 47.4 Å². The van der Waals surface area contributed by atoms with Crippen LogP contribution in [0, 0.1) is 19.8 Å². The van der Waals surface area contributed by atoms with Crippen molar-refractivity contribution in [2.45, 2.75) is 64.5 Å². The molecule has 1 aliphatic carbocycles. The first-order valence-corrected chi connectivity index (χ1v) is 9.19. The normalized spacial score (nSPS) is 23.0. The van der Waals surface area contributed by atoms with Crippen molar-refractivity contribution in [2.24, 2.45) is 5.92 Å². The smallest absolute Gasteiger partial charge is 0.318 e. The lowest BCUT2D eigenvalue weighted by molar-refractivity contribution is 0.139. The van der Waals surface area contributed by atoms with Gasteiger partial charge < -0.3 is 15.0 Å². The van der Waals surface area contributed by atoms with Crippen LogP contribution in [0.25, 0.3) is 0 Å². The molecule has 2 heterocycles. The van der Waals surface area contributed by atoms with Crippen LogP contribution in [0.2, 0.25) is 0 Å². The lowest BCUT2D eigenvalue weighted by Gasteiger charge is -2.32. The first-order valence-electron chi connectivity index (χ1n) is 9.19. The number of nitrogens with one attached hydrogen (secondary N) is 2. The third kappa shape index (κ3) is 3.74. The van der Waals surface area contributed by atoms with E-state index in [0.717, 1.165) is 37.2 Å². The third-order valence-electron chi connectivity index (χ3n) is 5.38. The zero-order chi connectivity index (χ0) is 17.1. The van der Waals surface area contributed by atoms with Gasteiger partial charge in [-0.15, -0.1) is 0 Å². The Morgan fingerprint density at radius 2 is 2.12 bits per heavy atom. The summed E-state index contributed by atoms with van der Waals surface area (Å²) < 4.78 is 5.31. The van der Waals surface area contributed by atoms with Gasteiger partial charge in [0.25, 0.3) is 0 Å². The summed E-state index contributed by atoms with van der Waals surface area (Å²) in [5.74, 6) is 0.580. The first kappa shape index (κ1) is 17.3. The number of carbonyl (C=O) groups excluding carboxylic acids is 1. The molecule has 1 saturated carbocycles. The number of H-pyrrole nitrogens is 1. The molecule has 2 fully saturated rings. The van der Waals surface area contributed by atoms with Gasteiger partial charge in [0.1, 0.15) is 0 Å². The Labute approximate surface area is 144 Å². The van der Waals surface area contributed by atoms with Crippen molar-refractivity contribution in [1.29, 1.82) is 0 Å². The van der Waals surface area contributed by atoms with Gasteiger partial charge in [0.05, 0.1) is 24.4 Å². The molecule has 2 aliphatic rings. The van der Waals surface area contributed by atoms with E-state index in [4.69, 9.17) is 4.74 Å². The Morgan fingerprint density at radius 3 is 2.75 bits per heavy atom. The largest absolute Gasteiger partial charge is 0.383 e. The number of likely N-dealkylation sites (tertiary alicyclic amines) is 1. The van der Waals surface area contributed by atoms with Gasteiger partial charge in [-0.05, 0) is 45.4 Å². The second-order valence-corrected chi connectivity index (χ2v) is 7.25. The monoisotopic (exact) mass is 334 g/mol.